The van der Waals surface area contributed by atoms with Gasteiger partial charge in [-0.2, -0.15) is 0 Å². The molecule has 2 nitrogen and oxygen atoms in total. The molecule has 2 rings (SSSR count). The summed E-state index contributed by atoms with van der Waals surface area (Å²) in [5.41, 5.74) is 1.74. The van der Waals surface area contributed by atoms with Gasteiger partial charge in [-0.05, 0) is 24.6 Å². The van der Waals surface area contributed by atoms with Gasteiger partial charge in [0.2, 0.25) is 0 Å². The highest BCUT2D eigenvalue weighted by molar-refractivity contribution is 6.41. The number of methoxy groups -OCH3 is 1. The number of rotatable bonds is 5. The molecule has 0 heterocycles. The van der Waals surface area contributed by atoms with Gasteiger partial charge in [0.15, 0.2) is 0 Å². The maximum Gasteiger partial charge on any atom is 0.124 e. The van der Waals surface area contributed by atoms with Crippen molar-refractivity contribution in [1.82, 2.24) is 0 Å². The number of para-hydroxylation sites is 1. The molecule has 2 aromatic carbocycles. The summed E-state index contributed by atoms with van der Waals surface area (Å²) in [6.45, 7) is 2.09. The highest BCUT2D eigenvalue weighted by atomic mass is 35.5. The first-order valence-electron chi connectivity index (χ1n) is 6.60. The van der Waals surface area contributed by atoms with Crippen LogP contribution in [0.25, 0.3) is 0 Å². The monoisotopic (exact) mass is 343 g/mol. The van der Waals surface area contributed by atoms with Crippen LogP contribution in [0.5, 0.6) is 5.75 Å². The first-order valence-corrected chi connectivity index (χ1v) is 7.74. The average Bonchev–Trinajstić information content (AvgIpc) is 2.46. The van der Waals surface area contributed by atoms with Crippen molar-refractivity contribution in [1.29, 1.82) is 0 Å². The van der Waals surface area contributed by atoms with Gasteiger partial charge >= 0.3 is 0 Å². The molecule has 0 saturated heterocycles. The SMILES string of the molecule is CCC(Nc1c(Cl)cc(Cl)cc1Cl)c1ccccc1OC. The summed E-state index contributed by atoms with van der Waals surface area (Å²) < 4.78 is 5.42. The molecule has 0 aromatic heterocycles. The predicted octanol–water partition coefficient (Wildman–Crippen LogP) is 6.22. The molecule has 112 valence electrons. The molecule has 0 aliphatic heterocycles. The number of hydrogen-bond donors (Lipinski definition) is 1. The fraction of sp³-hybridized carbons (Fsp3) is 0.250. The zero-order valence-corrected chi connectivity index (χ0v) is 14.1. The number of benzene rings is 2. The van der Waals surface area contributed by atoms with E-state index < -0.39 is 0 Å². The molecule has 1 atom stereocenters. The molecule has 21 heavy (non-hydrogen) atoms. The van der Waals surface area contributed by atoms with Crippen molar-refractivity contribution in [2.45, 2.75) is 19.4 Å². The molecule has 2 aromatic rings. The third-order valence-electron chi connectivity index (χ3n) is 3.25. The zero-order chi connectivity index (χ0) is 15.4. The summed E-state index contributed by atoms with van der Waals surface area (Å²) >= 11 is 18.4. The molecule has 0 spiro atoms. The minimum absolute atomic E-state index is 0.0392. The van der Waals surface area contributed by atoms with E-state index in [2.05, 4.69) is 12.2 Å². The number of nitrogens with one attached hydrogen (secondary N) is 1. The van der Waals surface area contributed by atoms with Crippen LogP contribution < -0.4 is 10.1 Å². The number of ether oxygens (including phenoxy) is 1. The van der Waals surface area contributed by atoms with E-state index in [0.29, 0.717) is 20.8 Å². The molecule has 0 amide bonds. The fourth-order valence-corrected chi connectivity index (χ4v) is 3.13. The van der Waals surface area contributed by atoms with E-state index in [1.807, 2.05) is 24.3 Å². The fourth-order valence-electron chi connectivity index (χ4n) is 2.21. The molecule has 0 fully saturated rings. The van der Waals surface area contributed by atoms with Crippen molar-refractivity contribution >= 4 is 40.5 Å². The molecule has 0 radical (unpaired) electrons. The minimum atomic E-state index is 0.0392. The van der Waals surface area contributed by atoms with Crippen LogP contribution in [-0.2, 0) is 0 Å². The number of anilines is 1. The van der Waals surface area contributed by atoms with Gasteiger partial charge in [0.05, 0.1) is 28.9 Å². The van der Waals surface area contributed by atoms with Gasteiger partial charge in [-0.25, -0.2) is 0 Å². The van der Waals surface area contributed by atoms with E-state index in [4.69, 9.17) is 39.5 Å². The summed E-state index contributed by atoms with van der Waals surface area (Å²) in [7, 11) is 1.66. The second-order valence-corrected chi connectivity index (χ2v) is 5.84. The van der Waals surface area contributed by atoms with Crippen LogP contribution in [0, 0.1) is 0 Å². The molecule has 0 aliphatic rings. The van der Waals surface area contributed by atoms with E-state index in [1.165, 1.54) is 0 Å². The quantitative estimate of drug-likeness (QED) is 0.695. The van der Waals surface area contributed by atoms with Crippen molar-refractivity contribution in [3.63, 3.8) is 0 Å². The topological polar surface area (TPSA) is 21.3 Å². The summed E-state index contributed by atoms with van der Waals surface area (Å²) in [4.78, 5) is 0. The lowest BCUT2D eigenvalue weighted by Gasteiger charge is -2.22. The van der Waals surface area contributed by atoms with E-state index >= 15 is 0 Å². The minimum Gasteiger partial charge on any atom is -0.496 e. The molecule has 0 bridgehead atoms. The molecule has 0 saturated carbocycles. The molecule has 1 N–H and O–H groups in total. The van der Waals surface area contributed by atoms with Crippen molar-refractivity contribution < 1.29 is 4.74 Å². The van der Waals surface area contributed by atoms with E-state index in [1.54, 1.807) is 19.2 Å². The van der Waals surface area contributed by atoms with Gasteiger partial charge in [0.25, 0.3) is 0 Å². The highest BCUT2D eigenvalue weighted by Gasteiger charge is 2.17. The summed E-state index contributed by atoms with van der Waals surface area (Å²) in [6, 6.07) is 11.3. The van der Waals surface area contributed by atoms with E-state index in [-0.39, 0.29) is 6.04 Å². The van der Waals surface area contributed by atoms with Gasteiger partial charge in [0.1, 0.15) is 5.75 Å². The lowest BCUT2D eigenvalue weighted by molar-refractivity contribution is 0.406. The Labute approximate surface area is 140 Å². The predicted molar refractivity (Wildman–Crippen MR) is 91.1 cm³/mol. The van der Waals surface area contributed by atoms with Crippen molar-refractivity contribution in [2.24, 2.45) is 0 Å². The molecule has 5 heteroatoms. The van der Waals surface area contributed by atoms with Gasteiger partial charge in [-0.3, -0.25) is 0 Å². The Balaban J connectivity index is 2.36. The second kappa shape index (κ2) is 7.26. The number of halogens is 3. The van der Waals surface area contributed by atoms with Crippen molar-refractivity contribution in [2.75, 3.05) is 12.4 Å². The maximum absolute atomic E-state index is 6.23. The molecular formula is C16H16Cl3NO. The molecule has 1 unspecified atom stereocenters. The Kier molecular flexibility index (Phi) is 5.63. The third-order valence-corrected chi connectivity index (χ3v) is 4.06. The zero-order valence-electron chi connectivity index (χ0n) is 11.8. The lowest BCUT2D eigenvalue weighted by Crippen LogP contribution is -2.11. The maximum atomic E-state index is 6.23. The Morgan fingerprint density at radius 1 is 1.10 bits per heavy atom. The number of hydrogen-bond acceptors (Lipinski definition) is 2. The molecule has 0 aliphatic carbocycles. The Bertz CT molecular complexity index is 608. The third kappa shape index (κ3) is 3.76. The Morgan fingerprint density at radius 3 is 2.29 bits per heavy atom. The van der Waals surface area contributed by atoms with Crippen LogP contribution in [0.3, 0.4) is 0 Å². The van der Waals surface area contributed by atoms with Crippen LogP contribution in [0.4, 0.5) is 5.69 Å². The summed E-state index contributed by atoms with van der Waals surface area (Å²) in [5.74, 6) is 0.832. The van der Waals surface area contributed by atoms with Gasteiger partial charge < -0.3 is 10.1 Å². The first kappa shape index (κ1) is 16.3. The van der Waals surface area contributed by atoms with Crippen LogP contribution >= 0.6 is 34.8 Å². The summed E-state index contributed by atoms with van der Waals surface area (Å²) in [6.07, 6.45) is 0.857. The van der Waals surface area contributed by atoms with Crippen molar-refractivity contribution in [3.8, 4) is 5.75 Å². The van der Waals surface area contributed by atoms with Gasteiger partial charge in [0, 0.05) is 10.6 Å². The Hall–Kier alpha value is -1.09. The smallest absolute Gasteiger partial charge is 0.124 e. The van der Waals surface area contributed by atoms with Gasteiger partial charge in [-0.1, -0.05) is 59.9 Å². The van der Waals surface area contributed by atoms with E-state index in [9.17, 15) is 0 Å². The lowest BCUT2D eigenvalue weighted by atomic mass is 10.0. The second-order valence-electron chi connectivity index (χ2n) is 4.59. The largest absolute Gasteiger partial charge is 0.496 e. The van der Waals surface area contributed by atoms with Crippen LogP contribution in [0.15, 0.2) is 36.4 Å². The summed E-state index contributed by atoms with van der Waals surface area (Å²) in [5, 5.41) is 4.90. The standard InChI is InChI=1S/C16H16Cl3NO/c1-3-14(11-6-4-5-7-15(11)21-2)20-16-12(18)8-10(17)9-13(16)19/h4-9,14,20H,3H2,1-2H3. The van der Waals surface area contributed by atoms with Crippen LogP contribution in [0.2, 0.25) is 15.1 Å². The van der Waals surface area contributed by atoms with Crippen molar-refractivity contribution in [3.05, 3.63) is 57.0 Å². The Morgan fingerprint density at radius 2 is 1.71 bits per heavy atom. The van der Waals surface area contributed by atoms with Gasteiger partial charge in [-0.15, -0.1) is 0 Å². The van der Waals surface area contributed by atoms with E-state index in [0.717, 1.165) is 17.7 Å². The first-order chi connectivity index (χ1) is 10.1. The highest BCUT2D eigenvalue weighted by Crippen LogP contribution is 2.38. The molecular weight excluding hydrogens is 329 g/mol. The van der Waals surface area contributed by atoms with Crippen LogP contribution in [0.1, 0.15) is 24.9 Å². The normalized spacial score (nSPS) is 12.0. The van der Waals surface area contributed by atoms with Crippen LogP contribution in [-0.4, -0.2) is 7.11 Å². The average molecular weight is 345 g/mol.